The zero-order valence-corrected chi connectivity index (χ0v) is 18.7. The molecule has 2 amide bonds. The molecular weight excluding hydrogens is 444 g/mol. The molecule has 0 radical (unpaired) electrons. The van der Waals surface area contributed by atoms with Crippen LogP contribution in [0.5, 0.6) is 0 Å². The number of para-hydroxylation sites is 1. The fraction of sp³-hybridized carbons (Fsp3) is 0.0357. The Labute approximate surface area is 200 Å². The quantitative estimate of drug-likeness (QED) is 0.317. The average molecular weight is 464 g/mol. The molecule has 0 spiro atoms. The van der Waals surface area contributed by atoms with Crippen LogP contribution in [-0.4, -0.2) is 11.8 Å². The van der Waals surface area contributed by atoms with E-state index < -0.39 is 5.63 Å². The van der Waals surface area contributed by atoms with E-state index >= 15 is 0 Å². The molecule has 0 bridgehead atoms. The van der Waals surface area contributed by atoms with E-state index in [1.165, 1.54) is 6.26 Å². The summed E-state index contributed by atoms with van der Waals surface area (Å²) >= 11 is 0. The van der Waals surface area contributed by atoms with Crippen LogP contribution in [0.2, 0.25) is 0 Å². The zero-order valence-electron chi connectivity index (χ0n) is 18.7. The number of amides is 2. The summed E-state index contributed by atoms with van der Waals surface area (Å²) in [6.45, 7) is 1.86. The van der Waals surface area contributed by atoms with Crippen molar-refractivity contribution in [3.8, 4) is 11.1 Å². The summed E-state index contributed by atoms with van der Waals surface area (Å²) in [6.07, 6.45) is 1.42. The maximum Gasteiger partial charge on any atom is 0.344 e. The van der Waals surface area contributed by atoms with E-state index in [1.807, 2.05) is 25.1 Å². The van der Waals surface area contributed by atoms with Gasteiger partial charge in [-0.1, -0.05) is 36.4 Å². The molecule has 0 atom stereocenters. The van der Waals surface area contributed by atoms with Gasteiger partial charge >= 0.3 is 5.63 Å². The third-order valence-electron chi connectivity index (χ3n) is 5.59. The van der Waals surface area contributed by atoms with E-state index in [9.17, 15) is 14.4 Å². The van der Waals surface area contributed by atoms with E-state index in [0.717, 1.165) is 10.9 Å². The third kappa shape index (κ3) is 4.60. The van der Waals surface area contributed by atoms with Crippen LogP contribution in [0.1, 0.15) is 26.5 Å². The molecule has 0 fully saturated rings. The maximum absolute atomic E-state index is 12.9. The van der Waals surface area contributed by atoms with Gasteiger partial charge in [0, 0.05) is 22.3 Å². The van der Waals surface area contributed by atoms with Crippen LogP contribution >= 0.6 is 0 Å². The molecule has 5 rings (SSSR count). The number of fused-ring (bicyclic) bond motifs is 1. The number of aryl methyl sites for hydroxylation is 1. The van der Waals surface area contributed by atoms with E-state index in [0.29, 0.717) is 33.6 Å². The third-order valence-corrected chi connectivity index (χ3v) is 5.59. The molecule has 35 heavy (non-hydrogen) atoms. The molecule has 0 saturated heterocycles. The molecule has 0 unspecified atom stereocenters. The van der Waals surface area contributed by atoms with Gasteiger partial charge in [0.25, 0.3) is 11.8 Å². The summed E-state index contributed by atoms with van der Waals surface area (Å²) in [6, 6.07) is 24.2. The topological polar surface area (TPSA) is 102 Å². The highest BCUT2D eigenvalue weighted by Gasteiger charge is 2.13. The second-order valence-corrected chi connectivity index (χ2v) is 7.98. The first-order valence-electron chi connectivity index (χ1n) is 10.9. The van der Waals surface area contributed by atoms with Crippen molar-refractivity contribution in [2.24, 2.45) is 0 Å². The van der Waals surface area contributed by atoms with Crippen molar-refractivity contribution in [1.82, 2.24) is 0 Å². The van der Waals surface area contributed by atoms with Crippen LogP contribution in [0.3, 0.4) is 0 Å². The van der Waals surface area contributed by atoms with Gasteiger partial charge in [-0.15, -0.1) is 0 Å². The predicted octanol–water partition coefficient (Wildman–Crippen LogP) is 5.87. The van der Waals surface area contributed by atoms with Crippen molar-refractivity contribution in [3.05, 3.63) is 118 Å². The molecule has 0 aliphatic carbocycles. The molecule has 3 aromatic carbocycles. The number of hydrogen-bond acceptors (Lipinski definition) is 5. The highest BCUT2D eigenvalue weighted by molar-refractivity contribution is 6.06. The minimum atomic E-state index is -0.440. The Kier molecular flexibility index (Phi) is 5.73. The molecule has 0 saturated carbocycles. The summed E-state index contributed by atoms with van der Waals surface area (Å²) in [5, 5.41) is 6.44. The van der Waals surface area contributed by atoms with Crippen LogP contribution < -0.4 is 16.3 Å². The number of benzene rings is 3. The molecule has 172 valence electrons. The summed E-state index contributed by atoms with van der Waals surface area (Å²) < 4.78 is 10.5. The number of carbonyl (C=O) groups is 2. The molecule has 0 aliphatic rings. The lowest BCUT2D eigenvalue weighted by atomic mass is 10.0. The molecule has 7 heteroatoms. The average Bonchev–Trinajstić information content (AvgIpc) is 3.41. The standard InChI is InChI=1S/C28H20N2O5/c1-17-8-13-21(29-27(32)25-7-4-14-34-25)16-23(17)30-26(31)19-11-9-18(10-12-19)22-15-20-5-2-3-6-24(20)35-28(22)33/h2-16H,1H3,(H,29,32)(H,30,31). The van der Waals surface area contributed by atoms with E-state index in [-0.39, 0.29) is 17.6 Å². The second kappa shape index (κ2) is 9.15. The van der Waals surface area contributed by atoms with E-state index in [1.54, 1.807) is 66.7 Å². The second-order valence-electron chi connectivity index (χ2n) is 7.98. The summed E-state index contributed by atoms with van der Waals surface area (Å²) in [5.74, 6) is -0.513. The van der Waals surface area contributed by atoms with Crippen molar-refractivity contribution >= 4 is 34.2 Å². The van der Waals surface area contributed by atoms with Gasteiger partial charge in [-0.05, 0) is 66.6 Å². The van der Waals surface area contributed by atoms with Crippen LogP contribution in [-0.2, 0) is 0 Å². The van der Waals surface area contributed by atoms with Crippen molar-refractivity contribution < 1.29 is 18.4 Å². The monoisotopic (exact) mass is 464 g/mol. The van der Waals surface area contributed by atoms with Crippen LogP contribution in [0, 0.1) is 6.92 Å². The molecule has 7 nitrogen and oxygen atoms in total. The van der Waals surface area contributed by atoms with Crippen molar-refractivity contribution in [2.45, 2.75) is 6.92 Å². The number of carbonyl (C=O) groups excluding carboxylic acids is 2. The van der Waals surface area contributed by atoms with Gasteiger partial charge in [-0.3, -0.25) is 9.59 Å². The maximum atomic E-state index is 12.9. The molecule has 2 heterocycles. The smallest absolute Gasteiger partial charge is 0.344 e. The zero-order chi connectivity index (χ0) is 24.4. The highest BCUT2D eigenvalue weighted by Crippen LogP contribution is 2.24. The van der Waals surface area contributed by atoms with Gasteiger partial charge in [0.1, 0.15) is 5.58 Å². The predicted molar refractivity (Wildman–Crippen MR) is 134 cm³/mol. The minimum absolute atomic E-state index is 0.191. The Hall–Kier alpha value is -4.91. The number of anilines is 2. The largest absolute Gasteiger partial charge is 0.459 e. The molecule has 0 aliphatic heterocycles. The van der Waals surface area contributed by atoms with Gasteiger partial charge < -0.3 is 19.5 Å². The highest BCUT2D eigenvalue weighted by atomic mass is 16.4. The van der Waals surface area contributed by atoms with Gasteiger partial charge in [-0.2, -0.15) is 0 Å². The summed E-state index contributed by atoms with van der Waals surface area (Å²) in [4.78, 5) is 37.6. The summed E-state index contributed by atoms with van der Waals surface area (Å²) in [5.41, 5.74) is 3.49. The van der Waals surface area contributed by atoms with Crippen LogP contribution in [0.15, 0.2) is 105 Å². The SMILES string of the molecule is Cc1ccc(NC(=O)c2ccco2)cc1NC(=O)c1ccc(-c2cc3ccccc3oc2=O)cc1. The van der Waals surface area contributed by atoms with Gasteiger partial charge in [-0.25, -0.2) is 4.79 Å². The Morgan fingerprint density at radius 2 is 1.60 bits per heavy atom. The Morgan fingerprint density at radius 3 is 2.37 bits per heavy atom. The van der Waals surface area contributed by atoms with Crippen molar-refractivity contribution in [2.75, 3.05) is 10.6 Å². The number of nitrogens with one attached hydrogen (secondary N) is 2. The minimum Gasteiger partial charge on any atom is -0.459 e. The van der Waals surface area contributed by atoms with E-state index in [2.05, 4.69) is 10.6 Å². The van der Waals surface area contributed by atoms with Crippen LogP contribution in [0.4, 0.5) is 11.4 Å². The lowest BCUT2D eigenvalue weighted by Gasteiger charge is -2.12. The lowest BCUT2D eigenvalue weighted by Crippen LogP contribution is -2.14. The Balaban J connectivity index is 1.34. The van der Waals surface area contributed by atoms with Gasteiger partial charge in [0.15, 0.2) is 5.76 Å². The number of hydrogen-bond donors (Lipinski definition) is 2. The normalized spacial score (nSPS) is 10.8. The summed E-state index contributed by atoms with van der Waals surface area (Å²) in [7, 11) is 0. The number of furan rings is 1. The Morgan fingerprint density at radius 1 is 0.800 bits per heavy atom. The molecule has 2 N–H and O–H groups in total. The lowest BCUT2D eigenvalue weighted by molar-refractivity contribution is 0.0995. The molecular formula is C28H20N2O5. The van der Waals surface area contributed by atoms with E-state index in [4.69, 9.17) is 8.83 Å². The number of rotatable bonds is 5. The first kappa shape index (κ1) is 21.9. The first-order valence-corrected chi connectivity index (χ1v) is 10.9. The van der Waals surface area contributed by atoms with Crippen LogP contribution in [0.25, 0.3) is 22.1 Å². The first-order chi connectivity index (χ1) is 17.0. The Bertz CT molecular complexity index is 1600. The van der Waals surface area contributed by atoms with Gasteiger partial charge in [0.2, 0.25) is 0 Å². The van der Waals surface area contributed by atoms with Crippen molar-refractivity contribution in [1.29, 1.82) is 0 Å². The fourth-order valence-corrected chi connectivity index (χ4v) is 3.69. The fourth-order valence-electron chi connectivity index (χ4n) is 3.69. The van der Waals surface area contributed by atoms with Crippen molar-refractivity contribution in [3.63, 3.8) is 0 Å². The molecule has 2 aromatic heterocycles. The van der Waals surface area contributed by atoms with Gasteiger partial charge in [0.05, 0.1) is 11.8 Å². The molecule has 5 aromatic rings.